The van der Waals surface area contributed by atoms with Crippen LogP contribution < -0.4 is 11.1 Å². The maximum absolute atomic E-state index is 12.2. The highest BCUT2D eigenvalue weighted by molar-refractivity contribution is 5.83. The molecule has 21 heavy (non-hydrogen) atoms. The van der Waals surface area contributed by atoms with Crippen molar-refractivity contribution in [3.05, 3.63) is 0 Å². The molecule has 0 radical (unpaired) electrons. The quantitative estimate of drug-likeness (QED) is 0.676. The molecule has 0 saturated heterocycles. The van der Waals surface area contributed by atoms with Gasteiger partial charge in [0, 0.05) is 13.0 Å². The van der Waals surface area contributed by atoms with E-state index in [9.17, 15) is 4.79 Å². The predicted molar refractivity (Wildman–Crippen MR) is 82.9 cm³/mol. The first-order chi connectivity index (χ1) is 10.1. The molecule has 6 heteroatoms. The van der Waals surface area contributed by atoms with E-state index < -0.39 is 6.04 Å². The smallest absolute Gasteiger partial charge is 0.280 e. The predicted octanol–water partition coefficient (Wildman–Crippen LogP) is 0.149. The monoisotopic (exact) mass is 295 g/mol. The lowest BCUT2D eigenvalue weighted by Crippen LogP contribution is -2.50. The van der Waals surface area contributed by atoms with Gasteiger partial charge in [-0.2, -0.15) is 0 Å². The van der Waals surface area contributed by atoms with Crippen LogP contribution in [-0.2, 0) is 9.53 Å². The Balaban J connectivity index is 2.02. The van der Waals surface area contributed by atoms with Crippen molar-refractivity contribution in [3.8, 4) is 0 Å². The standard InChI is InChI=1S/C15H26N4O2/c1-11(2)14-9-21-6-4-3-5-19-8-12(17-10-19)7-13(16)15(20)18-14/h8,10-14H,3-7,9,16H2,1-2H3/p+1/t12?,13-,14-/m1/s1. The number of carbonyl (C=O) groups is 1. The van der Waals surface area contributed by atoms with E-state index in [-0.39, 0.29) is 18.0 Å². The molecule has 2 bridgehead atoms. The van der Waals surface area contributed by atoms with Crippen molar-refractivity contribution < 1.29 is 14.1 Å². The van der Waals surface area contributed by atoms with Crippen molar-refractivity contribution in [2.75, 3.05) is 19.8 Å². The summed E-state index contributed by atoms with van der Waals surface area (Å²) in [5.74, 6) is 0.206. The Morgan fingerprint density at radius 2 is 2.29 bits per heavy atom. The minimum atomic E-state index is -0.535. The molecular weight excluding hydrogens is 268 g/mol. The summed E-state index contributed by atoms with van der Waals surface area (Å²) in [6, 6.07) is -0.506. The molecular formula is C15H27N4O2+. The van der Waals surface area contributed by atoms with Gasteiger partial charge in [0.25, 0.3) is 6.34 Å². The Bertz CT molecular complexity index is 420. The summed E-state index contributed by atoms with van der Waals surface area (Å²) in [5.41, 5.74) is 6.01. The Hall–Kier alpha value is -1.27. The average Bonchev–Trinajstić information content (AvgIpc) is 2.87. The molecule has 0 fully saturated rings. The molecule has 1 amide bonds. The first-order valence-electron chi connectivity index (χ1n) is 7.84. The van der Waals surface area contributed by atoms with Gasteiger partial charge in [0.1, 0.15) is 6.21 Å². The van der Waals surface area contributed by atoms with E-state index >= 15 is 0 Å². The number of fused-ring (bicyclic) bond motifs is 1. The summed E-state index contributed by atoms with van der Waals surface area (Å²) in [6.07, 6.45) is 6.53. The summed E-state index contributed by atoms with van der Waals surface area (Å²) >= 11 is 0. The Labute approximate surface area is 126 Å². The normalized spacial score (nSPS) is 31.7. The van der Waals surface area contributed by atoms with E-state index in [2.05, 4.69) is 34.9 Å². The zero-order valence-corrected chi connectivity index (χ0v) is 13.0. The molecule has 6 nitrogen and oxygen atoms in total. The van der Waals surface area contributed by atoms with Crippen LogP contribution in [0.1, 0.15) is 33.1 Å². The van der Waals surface area contributed by atoms with E-state index in [1.807, 2.05) is 6.34 Å². The van der Waals surface area contributed by atoms with Gasteiger partial charge in [0.2, 0.25) is 5.91 Å². The molecule has 1 unspecified atom stereocenters. The van der Waals surface area contributed by atoms with E-state index in [0.717, 1.165) is 26.0 Å². The number of nitrogens with one attached hydrogen (secondary N) is 1. The van der Waals surface area contributed by atoms with Gasteiger partial charge < -0.3 is 15.8 Å². The molecule has 2 aliphatic heterocycles. The number of nitrogens with zero attached hydrogens (tertiary/aromatic N) is 2. The lowest BCUT2D eigenvalue weighted by atomic mass is 10.0. The second kappa shape index (κ2) is 7.66. The average molecular weight is 295 g/mol. The highest BCUT2D eigenvalue weighted by atomic mass is 16.5. The molecule has 0 spiro atoms. The van der Waals surface area contributed by atoms with E-state index in [1.54, 1.807) is 0 Å². The summed E-state index contributed by atoms with van der Waals surface area (Å²) in [6.45, 7) is 6.37. The molecule has 0 aromatic rings. The molecule has 3 N–H and O–H groups in total. The second-order valence-electron chi connectivity index (χ2n) is 6.20. The van der Waals surface area contributed by atoms with Crippen LogP contribution in [0.5, 0.6) is 0 Å². The number of rotatable bonds is 1. The number of amides is 1. The van der Waals surface area contributed by atoms with E-state index in [4.69, 9.17) is 10.5 Å². The van der Waals surface area contributed by atoms with Crippen LogP contribution in [0.2, 0.25) is 0 Å². The van der Waals surface area contributed by atoms with Gasteiger partial charge >= 0.3 is 0 Å². The van der Waals surface area contributed by atoms with Gasteiger partial charge in [0.05, 0.1) is 25.2 Å². The van der Waals surface area contributed by atoms with Crippen LogP contribution in [-0.4, -0.2) is 60.9 Å². The van der Waals surface area contributed by atoms with Gasteiger partial charge in [-0.15, -0.1) is 0 Å². The zero-order chi connectivity index (χ0) is 15.2. The van der Waals surface area contributed by atoms with Crippen LogP contribution >= 0.6 is 0 Å². The molecule has 118 valence electrons. The first-order valence-corrected chi connectivity index (χ1v) is 7.84. The van der Waals surface area contributed by atoms with Gasteiger partial charge in [-0.3, -0.25) is 4.79 Å². The molecule has 2 rings (SSSR count). The topological polar surface area (TPSA) is 79.7 Å². The van der Waals surface area contributed by atoms with E-state index in [0.29, 0.717) is 18.9 Å². The number of carbonyl (C=O) groups excluding carboxylic acids is 1. The van der Waals surface area contributed by atoms with Crippen LogP contribution in [0, 0.1) is 5.92 Å². The molecule has 0 saturated carbocycles. The largest absolute Gasteiger partial charge is 0.379 e. The third kappa shape index (κ3) is 4.89. The maximum Gasteiger partial charge on any atom is 0.280 e. The third-order valence-corrected chi connectivity index (χ3v) is 3.99. The SMILES string of the molecule is CC(C)[C@H]1COCCCC[N+]2=CC(C[C@@H](N)C(=O)N1)N=C2. The highest BCUT2D eigenvalue weighted by Crippen LogP contribution is 2.08. The summed E-state index contributed by atoms with van der Waals surface area (Å²) in [4.78, 5) is 16.6. The Morgan fingerprint density at radius 3 is 3.05 bits per heavy atom. The fraction of sp³-hybridized carbons (Fsp3) is 0.800. The molecule has 2 aliphatic rings. The van der Waals surface area contributed by atoms with Crippen molar-refractivity contribution in [3.63, 3.8) is 0 Å². The number of hydrogen-bond donors (Lipinski definition) is 2. The van der Waals surface area contributed by atoms with Crippen LogP contribution in [0.4, 0.5) is 0 Å². The zero-order valence-electron chi connectivity index (χ0n) is 13.0. The molecule has 0 aromatic heterocycles. The number of aliphatic imine (C=N–C) groups is 1. The van der Waals surface area contributed by atoms with Crippen LogP contribution in [0.15, 0.2) is 4.99 Å². The second-order valence-corrected chi connectivity index (χ2v) is 6.20. The minimum absolute atomic E-state index is 0.0130. The van der Waals surface area contributed by atoms with Crippen molar-refractivity contribution in [2.24, 2.45) is 16.6 Å². The lowest BCUT2D eigenvalue weighted by Gasteiger charge is -2.24. The first kappa shape index (κ1) is 16.1. The third-order valence-electron chi connectivity index (χ3n) is 3.99. The van der Waals surface area contributed by atoms with E-state index in [1.165, 1.54) is 0 Å². The molecule has 2 heterocycles. The Kier molecular flexibility index (Phi) is 5.87. The van der Waals surface area contributed by atoms with Crippen molar-refractivity contribution >= 4 is 18.5 Å². The molecule has 0 aromatic carbocycles. The van der Waals surface area contributed by atoms with Gasteiger partial charge in [0.15, 0.2) is 6.04 Å². The van der Waals surface area contributed by atoms with Crippen LogP contribution in [0.25, 0.3) is 0 Å². The summed E-state index contributed by atoms with van der Waals surface area (Å²) < 4.78 is 7.78. The minimum Gasteiger partial charge on any atom is -0.379 e. The number of hydrogen-bond acceptors (Lipinski definition) is 4. The fourth-order valence-electron chi connectivity index (χ4n) is 2.49. The number of nitrogens with two attached hydrogens (primary N) is 1. The van der Waals surface area contributed by atoms with Gasteiger partial charge in [-0.25, -0.2) is 4.58 Å². The fourth-order valence-corrected chi connectivity index (χ4v) is 2.49. The van der Waals surface area contributed by atoms with Crippen LogP contribution in [0.3, 0.4) is 0 Å². The highest BCUT2D eigenvalue weighted by Gasteiger charge is 2.27. The molecule has 3 atom stereocenters. The lowest BCUT2D eigenvalue weighted by molar-refractivity contribution is -0.391. The molecule has 0 aliphatic carbocycles. The van der Waals surface area contributed by atoms with Crippen molar-refractivity contribution in [1.82, 2.24) is 5.32 Å². The van der Waals surface area contributed by atoms with Crippen molar-refractivity contribution in [1.29, 1.82) is 0 Å². The van der Waals surface area contributed by atoms with Crippen molar-refractivity contribution in [2.45, 2.75) is 51.2 Å². The maximum atomic E-state index is 12.2. The summed E-state index contributed by atoms with van der Waals surface area (Å²) in [5, 5.41) is 3.01. The summed E-state index contributed by atoms with van der Waals surface area (Å²) in [7, 11) is 0. The number of ether oxygens (including phenoxy) is 1. The Morgan fingerprint density at radius 1 is 1.48 bits per heavy atom. The van der Waals surface area contributed by atoms with Gasteiger partial charge in [-0.1, -0.05) is 18.8 Å². The van der Waals surface area contributed by atoms with Gasteiger partial charge in [-0.05, 0) is 18.8 Å².